The van der Waals surface area contributed by atoms with Crippen molar-refractivity contribution in [3.63, 3.8) is 0 Å². The molecule has 0 saturated carbocycles. The van der Waals surface area contributed by atoms with Crippen LogP contribution in [-0.2, 0) is 6.42 Å². The molecule has 21 heavy (non-hydrogen) atoms. The van der Waals surface area contributed by atoms with Gasteiger partial charge < -0.3 is 4.74 Å². The summed E-state index contributed by atoms with van der Waals surface area (Å²) in [7, 11) is 1.45. The van der Waals surface area contributed by atoms with Crippen LogP contribution >= 0.6 is 11.6 Å². The molecule has 0 spiro atoms. The first-order valence-corrected chi connectivity index (χ1v) is 7.14. The second-order valence-corrected chi connectivity index (χ2v) is 4.99. The number of alkyl halides is 1. The van der Waals surface area contributed by atoms with Gasteiger partial charge >= 0.3 is 0 Å². The lowest BCUT2D eigenvalue weighted by atomic mass is 10.2. The highest BCUT2D eigenvalue weighted by molar-refractivity contribution is 6.17. The van der Waals surface area contributed by atoms with Gasteiger partial charge in [-0.05, 0) is 24.3 Å². The largest absolute Gasteiger partial charge is 0.494 e. The van der Waals surface area contributed by atoms with E-state index in [9.17, 15) is 4.39 Å². The average molecular weight is 305 g/mol. The molecule has 3 nitrogen and oxygen atoms in total. The summed E-state index contributed by atoms with van der Waals surface area (Å²) in [5, 5.41) is 0. The van der Waals surface area contributed by atoms with Crippen molar-refractivity contribution in [1.82, 2.24) is 9.55 Å². The molecule has 1 heterocycles. The van der Waals surface area contributed by atoms with Gasteiger partial charge in [-0.15, -0.1) is 11.6 Å². The molecule has 0 amide bonds. The van der Waals surface area contributed by atoms with Gasteiger partial charge in [0.15, 0.2) is 11.6 Å². The molecule has 5 heteroatoms. The van der Waals surface area contributed by atoms with E-state index in [0.717, 1.165) is 16.9 Å². The van der Waals surface area contributed by atoms with E-state index in [1.807, 2.05) is 34.9 Å². The zero-order valence-corrected chi connectivity index (χ0v) is 12.3. The summed E-state index contributed by atoms with van der Waals surface area (Å²) >= 11 is 5.85. The van der Waals surface area contributed by atoms with E-state index in [4.69, 9.17) is 16.3 Å². The van der Waals surface area contributed by atoms with Gasteiger partial charge in [0, 0.05) is 18.4 Å². The van der Waals surface area contributed by atoms with Crippen molar-refractivity contribution in [1.29, 1.82) is 0 Å². The Labute approximate surface area is 126 Å². The van der Waals surface area contributed by atoms with E-state index < -0.39 is 5.82 Å². The smallest absolute Gasteiger partial charge is 0.167 e. The molecule has 1 aromatic heterocycles. The first kappa shape index (κ1) is 13.9. The number of rotatable bonds is 4. The van der Waals surface area contributed by atoms with E-state index in [2.05, 4.69) is 4.98 Å². The predicted octanol–water partition coefficient (Wildman–Crippen LogP) is 3.95. The van der Waals surface area contributed by atoms with Crippen molar-refractivity contribution in [3.05, 3.63) is 54.1 Å². The molecule has 0 fully saturated rings. The molecule has 2 aromatic carbocycles. The minimum absolute atomic E-state index is 0.224. The molecule has 0 aliphatic carbocycles. The molecule has 0 aliphatic rings. The maximum absolute atomic E-state index is 14.0. The van der Waals surface area contributed by atoms with Gasteiger partial charge in [0.1, 0.15) is 5.82 Å². The number of imidazole rings is 1. The summed E-state index contributed by atoms with van der Waals surface area (Å²) in [6.07, 6.45) is 0.615. The maximum Gasteiger partial charge on any atom is 0.167 e. The monoisotopic (exact) mass is 304 g/mol. The van der Waals surface area contributed by atoms with Crippen LogP contribution in [0.25, 0.3) is 16.7 Å². The second-order valence-electron chi connectivity index (χ2n) is 4.61. The summed E-state index contributed by atoms with van der Waals surface area (Å²) in [4.78, 5) is 4.58. The SMILES string of the molecule is COc1ccc(-n2c(CCCl)nc3ccccc32)cc1F. The fraction of sp³-hybridized carbons (Fsp3) is 0.188. The third-order valence-corrected chi connectivity index (χ3v) is 3.53. The number of aromatic nitrogens is 2. The van der Waals surface area contributed by atoms with Gasteiger partial charge in [-0.25, -0.2) is 9.37 Å². The molecule has 3 rings (SSSR count). The van der Waals surface area contributed by atoms with Crippen molar-refractivity contribution in [2.75, 3.05) is 13.0 Å². The predicted molar refractivity (Wildman–Crippen MR) is 82.0 cm³/mol. The Morgan fingerprint density at radius 1 is 1.24 bits per heavy atom. The molecule has 3 aromatic rings. The van der Waals surface area contributed by atoms with Crippen molar-refractivity contribution in [3.8, 4) is 11.4 Å². The average Bonchev–Trinajstić information content (AvgIpc) is 2.85. The highest BCUT2D eigenvalue weighted by atomic mass is 35.5. The molecule has 0 unspecified atom stereocenters. The minimum atomic E-state index is -0.399. The zero-order chi connectivity index (χ0) is 14.8. The Balaban J connectivity index is 2.22. The van der Waals surface area contributed by atoms with Crippen LogP contribution in [0.2, 0.25) is 0 Å². The van der Waals surface area contributed by atoms with Crippen LogP contribution in [0.5, 0.6) is 5.75 Å². The number of hydrogen-bond acceptors (Lipinski definition) is 2. The Kier molecular flexibility index (Phi) is 3.80. The molecule has 0 aliphatic heterocycles. The fourth-order valence-corrected chi connectivity index (χ4v) is 2.58. The van der Waals surface area contributed by atoms with Crippen LogP contribution in [0.3, 0.4) is 0 Å². The standard InChI is InChI=1S/C16H14ClFN2O/c1-21-15-7-6-11(10-12(15)18)20-14-5-3-2-4-13(14)19-16(20)8-9-17/h2-7,10H,8-9H2,1H3. The summed E-state index contributed by atoms with van der Waals surface area (Å²) in [5.74, 6) is 1.10. The Morgan fingerprint density at radius 3 is 2.76 bits per heavy atom. The summed E-state index contributed by atoms with van der Waals surface area (Å²) in [5.41, 5.74) is 2.51. The molecule has 0 saturated heterocycles. The molecule has 108 valence electrons. The van der Waals surface area contributed by atoms with Crippen LogP contribution < -0.4 is 4.74 Å². The molecule has 0 bridgehead atoms. The van der Waals surface area contributed by atoms with E-state index in [1.54, 1.807) is 6.07 Å². The topological polar surface area (TPSA) is 27.1 Å². The highest BCUT2D eigenvalue weighted by Crippen LogP contribution is 2.25. The Bertz CT molecular complexity index is 785. The van der Waals surface area contributed by atoms with Gasteiger partial charge in [0.25, 0.3) is 0 Å². The van der Waals surface area contributed by atoms with E-state index in [0.29, 0.717) is 18.0 Å². The van der Waals surface area contributed by atoms with Crippen LogP contribution in [0.15, 0.2) is 42.5 Å². The lowest BCUT2D eigenvalue weighted by Gasteiger charge is -2.10. The van der Waals surface area contributed by atoms with Crippen molar-refractivity contribution in [2.24, 2.45) is 0 Å². The summed E-state index contributed by atoms with van der Waals surface area (Å²) in [6.45, 7) is 0. The Morgan fingerprint density at radius 2 is 2.05 bits per heavy atom. The number of benzene rings is 2. The quantitative estimate of drug-likeness (QED) is 0.682. The van der Waals surface area contributed by atoms with Crippen molar-refractivity contribution < 1.29 is 9.13 Å². The minimum Gasteiger partial charge on any atom is -0.494 e. The molecular weight excluding hydrogens is 291 g/mol. The van der Waals surface area contributed by atoms with Gasteiger partial charge in [-0.2, -0.15) is 0 Å². The van der Waals surface area contributed by atoms with Gasteiger partial charge in [0.2, 0.25) is 0 Å². The first-order chi connectivity index (χ1) is 10.2. The third-order valence-electron chi connectivity index (χ3n) is 3.34. The third kappa shape index (κ3) is 2.47. The molecule has 0 atom stereocenters. The normalized spacial score (nSPS) is 11.0. The van der Waals surface area contributed by atoms with Crippen molar-refractivity contribution in [2.45, 2.75) is 6.42 Å². The lowest BCUT2D eigenvalue weighted by molar-refractivity contribution is 0.386. The van der Waals surface area contributed by atoms with Gasteiger partial charge in [-0.3, -0.25) is 4.57 Å². The number of para-hydroxylation sites is 2. The van der Waals surface area contributed by atoms with Gasteiger partial charge in [-0.1, -0.05) is 12.1 Å². The summed E-state index contributed by atoms with van der Waals surface area (Å²) in [6, 6.07) is 12.6. The lowest BCUT2D eigenvalue weighted by Crippen LogP contribution is -2.03. The van der Waals surface area contributed by atoms with Gasteiger partial charge in [0.05, 0.1) is 23.8 Å². The highest BCUT2D eigenvalue weighted by Gasteiger charge is 2.13. The number of hydrogen-bond donors (Lipinski definition) is 0. The van der Waals surface area contributed by atoms with Crippen LogP contribution in [0, 0.1) is 5.82 Å². The van der Waals surface area contributed by atoms with E-state index >= 15 is 0 Å². The Hall–Kier alpha value is -2.07. The first-order valence-electron chi connectivity index (χ1n) is 6.61. The number of halogens is 2. The molecule has 0 N–H and O–H groups in total. The number of ether oxygens (including phenoxy) is 1. The number of methoxy groups -OCH3 is 1. The number of fused-ring (bicyclic) bond motifs is 1. The fourth-order valence-electron chi connectivity index (χ4n) is 2.41. The van der Waals surface area contributed by atoms with E-state index in [1.165, 1.54) is 13.2 Å². The van der Waals surface area contributed by atoms with Crippen LogP contribution in [-0.4, -0.2) is 22.5 Å². The summed E-state index contributed by atoms with van der Waals surface area (Å²) < 4.78 is 20.9. The zero-order valence-electron chi connectivity index (χ0n) is 11.5. The van der Waals surface area contributed by atoms with E-state index in [-0.39, 0.29) is 5.75 Å². The second kappa shape index (κ2) is 5.74. The number of aryl methyl sites for hydroxylation is 1. The number of nitrogens with zero attached hydrogens (tertiary/aromatic N) is 2. The maximum atomic E-state index is 14.0. The molecule has 0 radical (unpaired) electrons. The van der Waals surface area contributed by atoms with Crippen molar-refractivity contribution >= 4 is 22.6 Å². The van der Waals surface area contributed by atoms with Crippen LogP contribution in [0.4, 0.5) is 4.39 Å². The molecular formula is C16H14ClFN2O. The van der Waals surface area contributed by atoms with Crippen LogP contribution in [0.1, 0.15) is 5.82 Å².